The zero-order valence-electron chi connectivity index (χ0n) is 18.0. The van der Waals surface area contributed by atoms with Gasteiger partial charge in [-0.25, -0.2) is 4.79 Å². The molecule has 3 fully saturated rings. The molecular weight excluding hydrogens is 392 g/mol. The molecule has 2 atom stereocenters. The van der Waals surface area contributed by atoms with Crippen LogP contribution in [0.5, 0.6) is 0 Å². The van der Waals surface area contributed by atoms with Gasteiger partial charge < -0.3 is 10.1 Å². The highest BCUT2D eigenvalue weighted by Gasteiger charge is 2.45. The fourth-order valence-corrected chi connectivity index (χ4v) is 6.60. The lowest BCUT2D eigenvalue weighted by Crippen LogP contribution is -2.53. The maximum atomic E-state index is 13.0. The van der Waals surface area contributed by atoms with Crippen LogP contribution in [0.3, 0.4) is 0 Å². The van der Waals surface area contributed by atoms with Crippen molar-refractivity contribution in [3.63, 3.8) is 0 Å². The molecule has 3 saturated heterocycles. The first-order valence-electron chi connectivity index (χ1n) is 11.5. The number of carbonyl (C=O) groups is 1. The predicted octanol–water partition coefficient (Wildman–Crippen LogP) is 5.64. The van der Waals surface area contributed by atoms with E-state index in [0.717, 1.165) is 51.7 Å². The van der Waals surface area contributed by atoms with Gasteiger partial charge >= 0.3 is 6.09 Å². The van der Waals surface area contributed by atoms with E-state index in [2.05, 4.69) is 59.1 Å². The molecule has 0 radical (unpaired) electrons. The monoisotopic (exact) mass is 424 g/mol. The van der Waals surface area contributed by atoms with Gasteiger partial charge in [0, 0.05) is 6.54 Å². The minimum Gasteiger partial charge on any atom is -0.445 e. The van der Waals surface area contributed by atoms with Crippen LogP contribution in [0.4, 0.5) is 4.79 Å². The summed E-state index contributed by atoms with van der Waals surface area (Å²) in [7, 11) is 0. The Kier molecular flexibility index (Phi) is 5.36. The van der Waals surface area contributed by atoms with Crippen LogP contribution in [0.25, 0.3) is 11.1 Å². The van der Waals surface area contributed by atoms with Crippen LogP contribution in [0.15, 0.2) is 35.0 Å². The van der Waals surface area contributed by atoms with E-state index in [9.17, 15) is 4.79 Å². The molecule has 6 rings (SSSR count). The van der Waals surface area contributed by atoms with Gasteiger partial charge in [0.2, 0.25) is 0 Å². The van der Waals surface area contributed by atoms with Gasteiger partial charge in [-0.15, -0.1) is 0 Å². The Morgan fingerprint density at radius 1 is 1.20 bits per heavy atom. The summed E-state index contributed by atoms with van der Waals surface area (Å²) in [4.78, 5) is 15.4. The largest absolute Gasteiger partial charge is 0.445 e. The minimum absolute atomic E-state index is 0.0209. The van der Waals surface area contributed by atoms with Crippen molar-refractivity contribution in [3.05, 3.63) is 46.2 Å². The Labute approximate surface area is 183 Å². The number of thiophene rings is 1. The third-order valence-electron chi connectivity index (χ3n) is 7.99. The summed E-state index contributed by atoms with van der Waals surface area (Å²) in [5.74, 6) is 0.534. The summed E-state index contributed by atoms with van der Waals surface area (Å²) in [6.45, 7) is 7.72. The second-order valence-electron chi connectivity index (χ2n) is 9.33. The van der Waals surface area contributed by atoms with Gasteiger partial charge in [0.1, 0.15) is 6.10 Å². The number of benzene rings is 1. The summed E-state index contributed by atoms with van der Waals surface area (Å²) in [5.41, 5.74) is 5.24. The van der Waals surface area contributed by atoms with Crippen LogP contribution in [0.1, 0.15) is 56.7 Å². The second kappa shape index (κ2) is 8.01. The number of nitrogens with one attached hydrogen (secondary N) is 1. The standard InChI is InChI=1S/C25H32N2O2S/c1-3-25(4-2)14-20-13-18(19-9-12-30-16-19)5-6-21(20)23(25)26-24(28)29-22-15-27-10-7-17(22)8-11-27/h5-6,9,12-13,16-17,22-23H,3-4,7-8,10-11,14-15H2,1-2H3,(H,26,28)/t22-,23?/m1/s1. The zero-order valence-corrected chi connectivity index (χ0v) is 18.8. The Hall–Kier alpha value is -1.85. The maximum Gasteiger partial charge on any atom is 0.407 e. The number of nitrogens with zero attached hydrogens (tertiary/aromatic N) is 1. The van der Waals surface area contributed by atoms with Crippen molar-refractivity contribution in [3.8, 4) is 11.1 Å². The van der Waals surface area contributed by atoms with Gasteiger partial charge in [0.15, 0.2) is 0 Å². The van der Waals surface area contributed by atoms with Crippen molar-refractivity contribution in [2.45, 2.75) is 58.1 Å². The summed E-state index contributed by atoms with van der Waals surface area (Å²) < 4.78 is 5.98. The van der Waals surface area contributed by atoms with Gasteiger partial charge in [-0.3, -0.25) is 4.90 Å². The first-order valence-corrected chi connectivity index (χ1v) is 12.4. The molecule has 3 aliphatic heterocycles. The molecule has 4 aliphatic rings. The number of carbonyl (C=O) groups excluding carboxylic acids is 1. The van der Waals surface area contributed by atoms with E-state index in [1.54, 1.807) is 11.3 Å². The second-order valence-corrected chi connectivity index (χ2v) is 10.1. The highest BCUT2D eigenvalue weighted by molar-refractivity contribution is 7.08. The quantitative estimate of drug-likeness (QED) is 0.675. The van der Waals surface area contributed by atoms with Gasteiger partial charge in [-0.2, -0.15) is 11.3 Å². The molecule has 4 nitrogen and oxygen atoms in total. The van der Waals surface area contributed by atoms with Gasteiger partial charge in [-0.05, 0) is 95.6 Å². The molecule has 2 bridgehead atoms. The van der Waals surface area contributed by atoms with Crippen LogP contribution in [-0.2, 0) is 11.2 Å². The molecular formula is C25H32N2O2S. The highest BCUT2D eigenvalue weighted by Crippen LogP contribution is 2.51. The van der Waals surface area contributed by atoms with Crippen molar-refractivity contribution in [1.82, 2.24) is 10.2 Å². The molecule has 0 spiro atoms. The van der Waals surface area contributed by atoms with E-state index in [1.165, 1.54) is 22.3 Å². The average molecular weight is 425 g/mol. The topological polar surface area (TPSA) is 41.6 Å². The lowest BCUT2D eigenvalue weighted by Gasteiger charge is -2.44. The molecule has 5 heteroatoms. The number of piperidine rings is 3. The molecule has 0 saturated carbocycles. The van der Waals surface area contributed by atoms with Crippen molar-refractivity contribution in [1.29, 1.82) is 0 Å². The number of ether oxygens (including phenoxy) is 1. The van der Waals surface area contributed by atoms with E-state index in [4.69, 9.17) is 4.74 Å². The lowest BCUT2D eigenvalue weighted by atomic mass is 9.76. The van der Waals surface area contributed by atoms with E-state index in [0.29, 0.717) is 5.92 Å². The van der Waals surface area contributed by atoms with Gasteiger partial charge in [0.05, 0.1) is 6.04 Å². The first kappa shape index (κ1) is 20.1. The fourth-order valence-electron chi connectivity index (χ4n) is 5.93. The van der Waals surface area contributed by atoms with E-state index in [1.807, 2.05) is 0 Å². The molecule has 4 heterocycles. The normalized spacial score (nSPS) is 28.9. The van der Waals surface area contributed by atoms with Crippen molar-refractivity contribution in [2.24, 2.45) is 11.3 Å². The Morgan fingerprint density at radius 3 is 2.63 bits per heavy atom. The van der Waals surface area contributed by atoms with Crippen LogP contribution in [-0.4, -0.2) is 36.7 Å². The number of amides is 1. The number of rotatable bonds is 5. The molecule has 1 N–H and O–H groups in total. The molecule has 2 aromatic rings. The van der Waals surface area contributed by atoms with E-state index in [-0.39, 0.29) is 23.7 Å². The molecule has 30 heavy (non-hydrogen) atoms. The Morgan fingerprint density at radius 2 is 2.00 bits per heavy atom. The summed E-state index contributed by atoms with van der Waals surface area (Å²) in [6.07, 6.45) is 5.21. The SMILES string of the molecule is CCC1(CC)Cc2cc(-c3ccsc3)ccc2C1NC(=O)O[C@@H]1CN2CCC1CC2. The van der Waals surface area contributed by atoms with Crippen LogP contribution < -0.4 is 5.32 Å². The summed E-state index contributed by atoms with van der Waals surface area (Å²) in [5, 5.41) is 7.64. The maximum absolute atomic E-state index is 13.0. The van der Waals surface area contributed by atoms with Crippen molar-refractivity contribution in [2.75, 3.05) is 19.6 Å². The molecule has 1 amide bonds. The molecule has 160 valence electrons. The summed E-state index contributed by atoms with van der Waals surface area (Å²) in [6, 6.07) is 8.96. The molecule has 1 aromatic carbocycles. The van der Waals surface area contributed by atoms with Crippen LogP contribution in [0.2, 0.25) is 0 Å². The summed E-state index contributed by atoms with van der Waals surface area (Å²) >= 11 is 1.73. The third kappa shape index (κ3) is 3.46. The van der Waals surface area contributed by atoms with Crippen LogP contribution in [0, 0.1) is 11.3 Å². The number of hydrogen-bond acceptors (Lipinski definition) is 4. The van der Waals surface area contributed by atoms with Gasteiger partial charge in [-0.1, -0.05) is 32.0 Å². The molecule has 1 aliphatic carbocycles. The lowest BCUT2D eigenvalue weighted by molar-refractivity contribution is -0.0353. The Balaban J connectivity index is 1.37. The third-order valence-corrected chi connectivity index (χ3v) is 8.67. The van der Waals surface area contributed by atoms with Crippen molar-refractivity contribution >= 4 is 17.4 Å². The van der Waals surface area contributed by atoms with Crippen LogP contribution >= 0.6 is 11.3 Å². The Bertz CT molecular complexity index is 898. The number of alkyl carbamates (subject to hydrolysis) is 1. The molecule has 1 aromatic heterocycles. The van der Waals surface area contributed by atoms with Gasteiger partial charge in [0.25, 0.3) is 0 Å². The zero-order chi connectivity index (χ0) is 20.7. The highest BCUT2D eigenvalue weighted by atomic mass is 32.1. The van der Waals surface area contributed by atoms with E-state index >= 15 is 0 Å². The predicted molar refractivity (Wildman–Crippen MR) is 122 cm³/mol. The number of hydrogen-bond donors (Lipinski definition) is 1. The molecule has 1 unspecified atom stereocenters. The fraction of sp³-hybridized carbons (Fsp3) is 0.560. The first-order chi connectivity index (χ1) is 14.6. The average Bonchev–Trinajstić information content (AvgIpc) is 3.41. The van der Waals surface area contributed by atoms with Crippen molar-refractivity contribution < 1.29 is 9.53 Å². The number of fused-ring (bicyclic) bond motifs is 4. The van der Waals surface area contributed by atoms with E-state index < -0.39 is 0 Å². The smallest absolute Gasteiger partial charge is 0.407 e. The minimum atomic E-state index is -0.236.